The molecular weight excluding hydrogens is 300 g/mol. The molecular formula is C12H23ClN4O2S. The van der Waals surface area contributed by atoms with Gasteiger partial charge in [0.15, 0.2) is 0 Å². The van der Waals surface area contributed by atoms with Gasteiger partial charge in [-0.15, -0.1) is 12.4 Å². The molecule has 8 heteroatoms. The molecule has 116 valence electrons. The zero-order valence-electron chi connectivity index (χ0n) is 12.1. The van der Waals surface area contributed by atoms with E-state index in [2.05, 4.69) is 9.82 Å². The van der Waals surface area contributed by atoms with E-state index < -0.39 is 10.0 Å². The van der Waals surface area contributed by atoms with Gasteiger partial charge in [-0.1, -0.05) is 0 Å². The Morgan fingerprint density at radius 2 is 1.80 bits per heavy atom. The van der Waals surface area contributed by atoms with Crippen LogP contribution in [0.5, 0.6) is 0 Å². The first-order chi connectivity index (χ1) is 8.81. The molecule has 20 heavy (non-hydrogen) atoms. The van der Waals surface area contributed by atoms with Gasteiger partial charge in [-0.05, 0) is 39.5 Å². The van der Waals surface area contributed by atoms with Crippen molar-refractivity contribution in [1.82, 2.24) is 14.5 Å². The Morgan fingerprint density at radius 3 is 2.25 bits per heavy atom. The molecule has 0 spiro atoms. The van der Waals surface area contributed by atoms with Crippen LogP contribution in [0, 0.1) is 13.8 Å². The Balaban J connectivity index is 0.00000200. The first-order valence-electron chi connectivity index (χ1n) is 6.59. The number of aryl methyl sites for hydroxylation is 2. The highest BCUT2D eigenvalue weighted by Gasteiger charge is 2.28. The highest BCUT2D eigenvalue weighted by Crippen LogP contribution is 2.22. The number of aromatic nitrogens is 2. The van der Waals surface area contributed by atoms with Crippen molar-refractivity contribution in [2.45, 2.75) is 56.5 Å². The fourth-order valence-corrected chi connectivity index (χ4v) is 4.40. The van der Waals surface area contributed by atoms with Gasteiger partial charge < -0.3 is 5.73 Å². The standard InChI is InChI=1S/C12H22N4O2S.ClH/c1-8-12(9(2)16(3)14-8)19(17,18)15-11-6-4-10(13)5-7-11;/h10-11,15H,4-7,13H2,1-3H3;1H. The van der Waals surface area contributed by atoms with Gasteiger partial charge in [0.2, 0.25) is 10.0 Å². The molecule has 1 fully saturated rings. The predicted octanol–water partition coefficient (Wildman–Crippen LogP) is 1.01. The molecule has 0 atom stereocenters. The van der Waals surface area contributed by atoms with Crippen LogP contribution in [0.15, 0.2) is 4.90 Å². The molecule has 0 aromatic carbocycles. The van der Waals surface area contributed by atoms with Crippen molar-refractivity contribution in [3.8, 4) is 0 Å². The lowest BCUT2D eigenvalue weighted by atomic mass is 9.93. The Labute approximate surface area is 126 Å². The van der Waals surface area contributed by atoms with E-state index in [-0.39, 0.29) is 24.5 Å². The number of rotatable bonds is 3. The maximum Gasteiger partial charge on any atom is 0.244 e. The van der Waals surface area contributed by atoms with Crippen molar-refractivity contribution in [3.63, 3.8) is 0 Å². The topological polar surface area (TPSA) is 90.0 Å². The Hall–Kier alpha value is -0.630. The van der Waals surface area contributed by atoms with E-state index in [1.165, 1.54) is 0 Å². The summed E-state index contributed by atoms with van der Waals surface area (Å²) in [6, 6.07) is 0.200. The van der Waals surface area contributed by atoms with Crippen LogP contribution in [0.1, 0.15) is 37.1 Å². The van der Waals surface area contributed by atoms with E-state index in [9.17, 15) is 8.42 Å². The summed E-state index contributed by atoms with van der Waals surface area (Å²) in [7, 11) is -1.74. The molecule has 0 unspecified atom stereocenters. The average Bonchev–Trinajstić information content (AvgIpc) is 2.56. The van der Waals surface area contributed by atoms with E-state index in [0.717, 1.165) is 25.7 Å². The van der Waals surface area contributed by atoms with Gasteiger partial charge in [0.25, 0.3) is 0 Å². The maximum absolute atomic E-state index is 12.4. The van der Waals surface area contributed by atoms with Gasteiger partial charge in [-0.2, -0.15) is 5.10 Å². The SMILES string of the molecule is Cc1nn(C)c(C)c1S(=O)(=O)NC1CCC(N)CC1.Cl. The molecule has 6 nitrogen and oxygen atoms in total. The van der Waals surface area contributed by atoms with Crippen LogP contribution in [-0.2, 0) is 17.1 Å². The summed E-state index contributed by atoms with van der Waals surface area (Å²) in [6.07, 6.45) is 3.36. The van der Waals surface area contributed by atoms with Gasteiger partial charge in [-0.3, -0.25) is 4.68 Å². The number of hydrogen-bond donors (Lipinski definition) is 2. The Bertz CT molecular complexity index is 562. The summed E-state index contributed by atoms with van der Waals surface area (Å²) < 4.78 is 29.3. The van der Waals surface area contributed by atoms with Gasteiger partial charge in [-0.25, -0.2) is 13.1 Å². The summed E-state index contributed by atoms with van der Waals surface area (Å²) in [6.45, 7) is 3.49. The van der Waals surface area contributed by atoms with E-state index in [1.54, 1.807) is 25.6 Å². The highest BCUT2D eigenvalue weighted by molar-refractivity contribution is 7.89. The normalized spacial score (nSPS) is 23.4. The number of nitrogens with one attached hydrogen (secondary N) is 1. The summed E-state index contributed by atoms with van der Waals surface area (Å²) >= 11 is 0. The van der Waals surface area contributed by atoms with Crippen molar-refractivity contribution in [3.05, 3.63) is 11.4 Å². The predicted molar refractivity (Wildman–Crippen MR) is 80.5 cm³/mol. The van der Waals surface area contributed by atoms with Crippen molar-refractivity contribution in [2.75, 3.05) is 0 Å². The van der Waals surface area contributed by atoms with Crippen LogP contribution < -0.4 is 10.5 Å². The van der Waals surface area contributed by atoms with Crippen LogP contribution in [0.2, 0.25) is 0 Å². The molecule has 0 amide bonds. The van der Waals surface area contributed by atoms with Gasteiger partial charge in [0, 0.05) is 19.1 Å². The molecule has 0 saturated heterocycles. The summed E-state index contributed by atoms with van der Waals surface area (Å²) in [5, 5.41) is 4.16. The summed E-state index contributed by atoms with van der Waals surface area (Å²) in [5.74, 6) is 0. The van der Waals surface area contributed by atoms with Crippen LogP contribution in [-0.4, -0.2) is 30.3 Å². The first-order valence-corrected chi connectivity index (χ1v) is 8.07. The van der Waals surface area contributed by atoms with Gasteiger partial charge >= 0.3 is 0 Å². The first kappa shape index (κ1) is 17.4. The lowest BCUT2D eigenvalue weighted by molar-refractivity contribution is 0.373. The van der Waals surface area contributed by atoms with E-state index in [0.29, 0.717) is 16.3 Å². The lowest BCUT2D eigenvalue weighted by Crippen LogP contribution is -2.40. The minimum absolute atomic E-state index is 0. The molecule has 1 aromatic rings. The Morgan fingerprint density at radius 1 is 1.25 bits per heavy atom. The summed E-state index contributed by atoms with van der Waals surface area (Å²) in [5.41, 5.74) is 7.04. The molecule has 2 rings (SSSR count). The van der Waals surface area contributed by atoms with Crippen LogP contribution in [0.25, 0.3) is 0 Å². The van der Waals surface area contributed by atoms with E-state index in [4.69, 9.17) is 5.73 Å². The fraction of sp³-hybridized carbons (Fsp3) is 0.750. The summed E-state index contributed by atoms with van der Waals surface area (Å²) in [4.78, 5) is 0.310. The molecule has 1 saturated carbocycles. The number of nitrogens with two attached hydrogens (primary N) is 1. The number of hydrogen-bond acceptors (Lipinski definition) is 4. The molecule has 3 N–H and O–H groups in total. The molecule has 0 radical (unpaired) electrons. The fourth-order valence-electron chi connectivity index (χ4n) is 2.66. The molecule has 1 aliphatic carbocycles. The minimum Gasteiger partial charge on any atom is -0.328 e. The second-order valence-electron chi connectivity index (χ2n) is 5.36. The quantitative estimate of drug-likeness (QED) is 0.869. The van der Waals surface area contributed by atoms with Crippen molar-refractivity contribution < 1.29 is 8.42 Å². The van der Waals surface area contributed by atoms with Crippen molar-refractivity contribution >= 4 is 22.4 Å². The van der Waals surface area contributed by atoms with Crippen LogP contribution in [0.4, 0.5) is 0 Å². The smallest absolute Gasteiger partial charge is 0.244 e. The second-order valence-corrected chi connectivity index (χ2v) is 7.01. The van der Waals surface area contributed by atoms with E-state index in [1.807, 2.05) is 0 Å². The zero-order valence-corrected chi connectivity index (χ0v) is 13.7. The molecule has 0 aliphatic heterocycles. The highest BCUT2D eigenvalue weighted by atomic mass is 35.5. The Kier molecular flexibility index (Phi) is 5.60. The monoisotopic (exact) mass is 322 g/mol. The molecule has 0 bridgehead atoms. The third-order valence-corrected chi connectivity index (χ3v) is 5.58. The molecule has 1 heterocycles. The van der Waals surface area contributed by atoms with Gasteiger partial charge in [0.05, 0.1) is 11.4 Å². The largest absolute Gasteiger partial charge is 0.328 e. The van der Waals surface area contributed by atoms with Crippen molar-refractivity contribution in [1.29, 1.82) is 0 Å². The third-order valence-electron chi connectivity index (χ3n) is 3.81. The number of nitrogens with zero attached hydrogens (tertiary/aromatic N) is 2. The second kappa shape index (κ2) is 6.43. The van der Waals surface area contributed by atoms with Crippen molar-refractivity contribution in [2.24, 2.45) is 12.8 Å². The van der Waals surface area contributed by atoms with Gasteiger partial charge in [0.1, 0.15) is 4.90 Å². The average molecular weight is 323 g/mol. The lowest BCUT2D eigenvalue weighted by Gasteiger charge is -2.26. The number of halogens is 1. The minimum atomic E-state index is -3.49. The zero-order chi connectivity index (χ0) is 14.2. The maximum atomic E-state index is 12.4. The van der Waals surface area contributed by atoms with Crippen LogP contribution >= 0.6 is 12.4 Å². The number of sulfonamides is 1. The molecule has 1 aromatic heterocycles. The van der Waals surface area contributed by atoms with Crippen LogP contribution in [0.3, 0.4) is 0 Å². The molecule has 1 aliphatic rings. The van der Waals surface area contributed by atoms with E-state index >= 15 is 0 Å². The third kappa shape index (κ3) is 3.52.